The predicted octanol–water partition coefficient (Wildman–Crippen LogP) is 0.830. The molecule has 0 spiro atoms. The van der Waals surface area contributed by atoms with E-state index in [-0.39, 0.29) is 6.04 Å². The number of nitrogens with one attached hydrogen (secondary N) is 1. The fourth-order valence-electron chi connectivity index (χ4n) is 1.56. The van der Waals surface area contributed by atoms with Gasteiger partial charge in [0.1, 0.15) is 5.65 Å². The number of fused-ring (bicyclic) bond motifs is 1. The molecule has 0 fully saturated rings. The fraction of sp³-hybridized carbons (Fsp3) is 0.300. The van der Waals surface area contributed by atoms with E-state index >= 15 is 0 Å². The van der Waals surface area contributed by atoms with E-state index in [4.69, 9.17) is 11.5 Å². The van der Waals surface area contributed by atoms with Crippen molar-refractivity contribution in [3.8, 4) is 0 Å². The molecule has 0 radical (unpaired) electrons. The molecule has 0 aliphatic carbocycles. The van der Waals surface area contributed by atoms with Gasteiger partial charge in [-0.2, -0.15) is 0 Å². The summed E-state index contributed by atoms with van der Waals surface area (Å²) in [6, 6.07) is 1.95. The van der Waals surface area contributed by atoms with E-state index in [1.54, 1.807) is 0 Å². The minimum Gasteiger partial charge on any atom is -0.346 e. The number of H-pyrrole nitrogens is 1. The maximum Gasteiger partial charge on any atom is 0.137 e. The Bertz CT molecular complexity index is 446. The third-order valence-corrected chi connectivity index (χ3v) is 2.35. The Morgan fingerprint density at radius 3 is 3.07 bits per heavy atom. The van der Waals surface area contributed by atoms with Crippen molar-refractivity contribution in [3.63, 3.8) is 0 Å². The number of hydrogen-bond donors (Lipinski definition) is 3. The molecule has 1 atom stereocenters. The first-order valence-corrected chi connectivity index (χ1v) is 4.61. The van der Waals surface area contributed by atoms with Crippen LogP contribution in [0.2, 0.25) is 0 Å². The molecule has 0 aliphatic heterocycles. The minimum atomic E-state index is -0.118. The van der Waals surface area contributed by atoms with Crippen LogP contribution >= 0.6 is 0 Å². The zero-order valence-corrected chi connectivity index (χ0v) is 8.12. The van der Waals surface area contributed by atoms with Gasteiger partial charge in [0.05, 0.1) is 0 Å². The summed E-state index contributed by atoms with van der Waals surface area (Å²) in [7, 11) is 0. The van der Waals surface area contributed by atoms with Crippen LogP contribution in [0.5, 0.6) is 0 Å². The molecule has 1 unspecified atom stereocenters. The van der Waals surface area contributed by atoms with Crippen molar-refractivity contribution in [2.45, 2.75) is 13.0 Å². The van der Waals surface area contributed by atoms with Gasteiger partial charge in [0, 0.05) is 30.4 Å². The Hall–Kier alpha value is -1.39. The van der Waals surface area contributed by atoms with E-state index < -0.39 is 0 Å². The number of aromatic nitrogens is 2. The number of aromatic amines is 1. The molecule has 2 rings (SSSR count). The molecule has 0 saturated heterocycles. The van der Waals surface area contributed by atoms with Crippen molar-refractivity contribution in [1.82, 2.24) is 9.97 Å². The Morgan fingerprint density at radius 2 is 2.36 bits per heavy atom. The number of rotatable bonds is 2. The molecule has 0 bridgehead atoms. The highest BCUT2D eigenvalue weighted by molar-refractivity contribution is 5.80. The number of hydrogen-bond acceptors (Lipinski definition) is 3. The molecular formula is C10H14N4. The molecule has 2 heterocycles. The molecule has 0 aromatic carbocycles. The number of aryl methyl sites for hydroxylation is 1. The van der Waals surface area contributed by atoms with Crippen molar-refractivity contribution in [1.29, 1.82) is 0 Å². The molecule has 5 N–H and O–H groups in total. The Kier molecular flexibility index (Phi) is 2.23. The van der Waals surface area contributed by atoms with Crippen molar-refractivity contribution in [2.75, 3.05) is 6.54 Å². The molecule has 4 heteroatoms. The molecule has 0 amide bonds. The van der Waals surface area contributed by atoms with Crippen LogP contribution in [0.3, 0.4) is 0 Å². The highest BCUT2D eigenvalue weighted by Gasteiger charge is 2.10. The number of nitrogens with two attached hydrogens (primary N) is 2. The Morgan fingerprint density at radius 1 is 1.57 bits per heavy atom. The van der Waals surface area contributed by atoms with E-state index in [0.717, 1.165) is 22.2 Å². The molecule has 2 aromatic rings. The highest BCUT2D eigenvalue weighted by Crippen LogP contribution is 2.21. The maximum atomic E-state index is 5.88. The molecule has 14 heavy (non-hydrogen) atoms. The lowest BCUT2D eigenvalue weighted by molar-refractivity contribution is 0.743. The number of pyridine rings is 1. The zero-order chi connectivity index (χ0) is 10.1. The summed E-state index contributed by atoms with van der Waals surface area (Å²) >= 11 is 0. The van der Waals surface area contributed by atoms with E-state index in [0.29, 0.717) is 6.54 Å². The smallest absolute Gasteiger partial charge is 0.137 e. The Balaban J connectivity index is 2.61. The molecule has 2 aromatic heterocycles. The van der Waals surface area contributed by atoms with Gasteiger partial charge in [-0.15, -0.1) is 0 Å². The average Bonchev–Trinajstić information content (AvgIpc) is 2.59. The van der Waals surface area contributed by atoms with E-state index in [1.807, 2.05) is 19.3 Å². The molecule has 0 saturated carbocycles. The predicted molar refractivity (Wildman–Crippen MR) is 56.8 cm³/mol. The highest BCUT2D eigenvalue weighted by atomic mass is 14.8. The topological polar surface area (TPSA) is 80.7 Å². The van der Waals surface area contributed by atoms with Crippen LogP contribution in [-0.4, -0.2) is 16.5 Å². The van der Waals surface area contributed by atoms with Crippen LogP contribution in [-0.2, 0) is 0 Å². The third-order valence-electron chi connectivity index (χ3n) is 2.35. The minimum absolute atomic E-state index is 0.118. The lowest BCUT2D eigenvalue weighted by atomic mass is 10.1. The van der Waals surface area contributed by atoms with Crippen molar-refractivity contribution >= 4 is 11.0 Å². The van der Waals surface area contributed by atoms with Gasteiger partial charge in [-0.05, 0) is 24.1 Å². The van der Waals surface area contributed by atoms with Gasteiger partial charge < -0.3 is 16.5 Å². The second-order valence-corrected chi connectivity index (χ2v) is 3.50. The summed E-state index contributed by atoms with van der Waals surface area (Å²) in [5.41, 5.74) is 14.5. The first-order chi connectivity index (χ1) is 6.72. The van der Waals surface area contributed by atoms with Gasteiger partial charge >= 0.3 is 0 Å². The van der Waals surface area contributed by atoms with Gasteiger partial charge in [-0.1, -0.05) is 0 Å². The van der Waals surface area contributed by atoms with E-state index in [2.05, 4.69) is 16.0 Å². The van der Waals surface area contributed by atoms with Crippen molar-refractivity contribution in [3.05, 3.63) is 29.6 Å². The second kappa shape index (κ2) is 3.40. The largest absolute Gasteiger partial charge is 0.346 e. The SMILES string of the molecule is Cc1cnc2[nH]cc(C(N)CN)c2c1. The van der Waals surface area contributed by atoms with Crippen LogP contribution in [0.15, 0.2) is 18.5 Å². The maximum absolute atomic E-state index is 5.88. The summed E-state index contributed by atoms with van der Waals surface area (Å²) in [5, 5.41) is 1.07. The molecular weight excluding hydrogens is 176 g/mol. The standard InChI is InChI=1S/C10H14N4/c1-6-2-7-8(9(12)3-11)5-14-10(7)13-4-6/h2,4-5,9H,3,11-12H2,1H3,(H,13,14). The first kappa shape index (κ1) is 9.18. The first-order valence-electron chi connectivity index (χ1n) is 4.61. The quantitative estimate of drug-likeness (QED) is 0.656. The van der Waals surface area contributed by atoms with Gasteiger partial charge in [-0.25, -0.2) is 4.98 Å². The average molecular weight is 190 g/mol. The normalized spacial score (nSPS) is 13.4. The fourth-order valence-corrected chi connectivity index (χ4v) is 1.56. The van der Waals surface area contributed by atoms with Crippen LogP contribution in [0.4, 0.5) is 0 Å². The van der Waals surface area contributed by atoms with E-state index in [9.17, 15) is 0 Å². The monoisotopic (exact) mass is 190 g/mol. The zero-order valence-electron chi connectivity index (χ0n) is 8.12. The number of nitrogens with zero attached hydrogens (tertiary/aromatic N) is 1. The van der Waals surface area contributed by atoms with E-state index in [1.165, 1.54) is 0 Å². The summed E-state index contributed by atoms with van der Waals surface area (Å²) in [4.78, 5) is 7.35. The van der Waals surface area contributed by atoms with Gasteiger partial charge in [-0.3, -0.25) is 0 Å². The van der Waals surface area contributed by atoms with Crippen LogP contribution in [0.1, 0.15) is 17.2 Å². The van der Waals surface area contributed by atoms with Crippen LogP contribution < -0.4 is 11.5 Å². The third kappa shape index (κ3) is 1.38. The van der Waals surface area contributed by atoms with Crippen molar-refractivity contribution in [2.24, 2.45) is 11.5 Å². The Labute approximate surface area is 82.3 Å². The van der Waals surface area contributed by atoms with Gasteiger partial charge in [0.15, 0.2) is 0 Å². The lowest BCUT2D eigenvalue weighted by Gasteiger charge is -2.06. The lowest BCUT2D eigenvalue weighted by Crippen LogP contribution is -2.20. The molecule has 74 valence electrons. The summed E-state index contributed by atoms with van der Waals surface area (Å²) in [5.74, 6) is 0. The summed E-state index contributed by atoms with van der Waals surface area (Å²) < 4.78 is 0. The molecule has 0 aliphatic rings. The molecule has 4 nitrogen and oxygen atoms in total. The van der Waals surface area contributed by atoms with Gasteiger partial charge in [0.2, 0.25) is 0 Å². The van der Waals surface area contributed by atoms with Crippen LogP contribution in [0, 0.1) is 6.92 Å². The summed E-state index contributed by atoms with van der Waals surface area (Å²) in [6.07, 6.45) is 3.71. The van der Waals surface area contributed by atoms with Crippen LogP contribution in [0.25, 0.3) is 11.0 Å². The van der Waals surface area contributed by atoms with Gasteiger partial charge in [0.25, 0.3) is 0 Å². The second-order valence-electron chi connectivity index (χ2n) is 3.50. The summed E-state index contributed by atoms with van der Waals surface area (Å²) in [6.45, 7) is 2.46. The van der Waals surface area contributed by atoms with Crippen molar-refractivity contribution < 1.29 is 0 Å².